The Hall–Kier alpha value is -0.310. The normalized spacial score (nSPS) is 13.1. The molecule has 90 valence electrons. The second-order valence-electron chi connectivity index (χ2n) is 3.86. The summed E-state index contributed by atoms with van der Waals surface area (Å²) in [6, 6.07) is 1.94. The SMILES string of the molecule is CCC(CC)C(NC)c1ncc(Cl)cc1Cl. The van der Waals surface area contributed by atoms with Gasteiger partial charge >= 0.3 is 0 Å². The van der Waals surface area contributed by atoms with Crippen LogP contribution in [0.4, 0.5) is 0 Å². The number of hydrogen-bond acceptors (Lipinski definition) is 2. The molecule has 0 amide bonds. The van der Waals surface area contributed by atoms with Gasteiger partial charge in [0.25, 0.3) is 0 Å². The number of aromatic nitrogens is 1. The van der Waals surface area contributed by atoms with Gasteiger partial charge in [-0.3, -0.25) is 4.98 Å². The Labute approximate surface area is 107 Å². The first kappa shape index (κ1) is 13.8. The lowest BCUT2D eigenvalue weighted by Crippen LogP contribution is -2.25. The van der Waals surface area contributed by atoms with Gasteiger partial charge in [-0.25, -0.2) is 0 Å². The van der Waals surface area contributed by atoms with Crippen molar-refractivity contribution in [2.24, 2.45) is 5.92 Å². The molecular formula is C12H18Cl2N2. The number of rotatable bonds is 5. The lowest BCUT2D eigenvalue weighted by Gasteiger charge is -2.25. The number of halogens is 2. The van der Waals surface area contributed by atoms with Gasteiger partial charge in [-0.1, -0.05) is 49.9 Å². The van der Waals surface area contributed by atoms with Crippen LogP contribution in [0.25, 0.3) is 0 Å². The first-order chi connectivity index (χ1) is 7.63. The molecule has 0 bridgehead atoms. The van der Waals surface area contributed by atoms with Crippen LogP contribution in [0.5, 0.6) is 0 Å². The molecule has 0 saturated carbocycles. The zero-order valence-corrected chi connectivity index (χ0v) is 11.4. The van der Waals surface area contributed by atoms with Crippen molar-refractivity contribution in [2.75, 3.05) is 7.05 Å². The van der Waals surface area contributed by atoms with Gasteiger partial charge < -0.3 is 5.32 Å². The van der Waals surface area contributed by atoms with E-state index in [9.17, 15) is 0 Å². The molecule has 1 atom stereocenters. The maximum Gasteiger partial charge on any atom is 0.0762 e. The van der Waals surface area contributed by atoms with Crippen molar-refractivity contribution in [1.82, 2.24) is 10.3 Å². The van der Waals surface area contributed by atoms with Crippen molar-refractivity contribution < 1.29 is 0 Å². The predicted molar refractivity (Wildman–Crippen MR) is 70.1 cm³/mol. The van der Waals surface area contributed by atoms with Crippen LogP contribution in [0.15, 0.2) is 12.3 Å². The molecule has 1 heterocycles. The molecule has 0 aliphatic heterocycles. The van der Waals surface area contributed by atoms with Crippen LogP contribution < -0.4 is 5.32 Å². The fourth-order valence-corrected chi connectivity index (χ4v) is 2.51. The van der Waals surface area contributed by atoms with E-state index in [-0.39, 0.29) is 6.04 Å². The number of nitrogens with zero attached hydrogens (tertiary/aromatic N) is 1. The Morgan fingerprint density at radius 3 is 2.38 bits per heavy atom. The van der Waals surface area contributed by atoms with Crippen molar-refractivity contribution in [3.63, 3.8) is 0 Å². The molecular weight excluding hydrogens is 243 g/mol. The maximum absolute atomic E-state index is 6.17. The third-order valence-corrected chi connectivity index (χ3v) is 3.47. The van der Waals surface area contributed by atoms with Gasteiger partial charge in [-0.05, 0) is 19.0 Å². The molecule has 0 aromatic carbocycles. The Balaban J connectivity index is 3.03. The number of nitrogens with one attached hydrogen (secondary N) is 1. The minimum absolute atomic E-state index is 0.194. The van der Waals surface area contributed by atoms with E-state index in [0.29, 0.717) is 16.0 Å². The molecule has 0 fully saturated rings. The van der Waals surface area contributed by atoms with E-state index in [4.69, 9.17) is 23.2 Å². The summed E-state index contributed by atoms with van der Waals surface area (Å²) in [6.45, 7) is 4.37. The highest BCUT2D eigenvalue weighted by Crippen LogP contribution is 2.31. The topological polar surface area (TPSA) is 24.9 Å². The molecule has 16 heavy (non-hydrogen) atoms. The van der Waals surface area contributed by atoms with Crippen LogP contribution in [0.2, 0.25) is 10.0 Å². The quantitative estimate of drug-likeness (QED) is 0.863. The molecule has 1 unspecified atom stereocenters. The molecule has 1 rings (SSSR count). The molecule has 0 aliphatic rings. The standard InChI is InChI=1S/C12H18Cl2N2/c1-4-8(5-2)11(15-3)12-10(14)6-9(13)7-16-12/h6-8,11,15H,4-5H2,1-3H3. The van der Waals surface area contributed by atoms with E-state index < -0.39 is 0 Å². The van der Waals surface area contributed by atoms with Crippen molar-refractivity contribution in [2.45, 2.75) is 32.7 Å². The van der Waals surface area contributed by atoms with Gasteiger partial charge in [0.15, 0.2) is 0 Å². The highest BCUT2D eigenvalue weighted by atomic mass is 35.5. The average molecular weight is 261 g/mol. The van der Waals surface area contributed by atoms with E-state index in [0.717, 1.165) is 18.5 Å². The average Bonchev–Trinajstić information content (AvgIpc) is 2.27. The fraction of sp³-hybridized carbons (Fsp3) is 0.583. The Morgan fingerprint density at radius 2 is 1.94 bits per heavy atom. The summed E-state index contributed by atoms with van der Waals surface area (Å²) in [5.41, 5.74) is 0.891. The summed E-state index contributed by atoms with van der Waals surface area (Å²) >= 11 is 12.0. The van der Waals surface area contributed by atoms with E-state index in [2.05, 4.69) is 24.1 Å². The Morgan fingerprint density at radius 1 is 1.31 bits per heavy atom. The van der Waals surface area contributed by atoms with E-state index >= 15 is 0 Å². The van der Waals surface area contributed by atoms with Crippen LogP contribution in [0.3, 0.4) is 0 Å². The summed E-state index contributed by atoms with van der Waals surface area (Å²) in [7, 11) is 1.94. The molecule has 0 radical (unpaired) electrons. The van der Waals surface area contributed by atoms with Gasteiger partial charge in [0.1, 0.15) is 0 Å². The zero-order valence-electron chi connectivity index (χ0n) is 9.93. The summed E-state index contributed by atoms with van der Waals surface area (Å²) in [6.07, 6.45) is 3.85. The summed E-state index contributed by atoms with van der Waals surface area (Å²) in [5, 5.41) is 4.51. The first-order valence-electron chi connectivity index (χ1n) is 5.62. The lowest BCUT2D eigenvalue weighted by atomic mass is 9.91. The smallest absolute Gasteiger partial charge is 0.0762 e. The van der Waals surface area contributed by atoms with Crippen molar-refractivity contribution >= 4 is 23.2 Å². The summed E-state index contributed by atoms with van der Waals surface area (Å²) < 4.78 is 0. The van der Waals surface area contributed by atoms with Crippen LogP contribution >= 0.6 is 23.2 Å². The van der Waals surface area contributed by atoms with E-state index in [1.165, 1.54) is 0 Å². The number of hydrogen-bond donors (Lipinski definition) is 1. The van der Waals surface area contributed by atoms with Crippen LogP contribution in [-0.2, 0) is 0 Å². The minimum Gasteiger partial charge on any atom is -0.311 e. The summed E-state index contributed by atoms with van der Waals surface area (Å²) in [5.74, 6) is 0.538. The van der Waals surface area contributed by atoms with Crippen LogP contribution in [0, 0.1) is 5.92 Å². The molecule has 0 aliphatic carbocycles. The predicted octanol–water partition coefficient (Wildman–Crippen LogP) is 4.09. The third-order valence-electron chi connectivity index (χ3n) is 2.96. The number of pyridine rings is 1. The van der Waals surface area contributed by atoms with Gasteiger partial charge in [0, 0.05) is 6.20 Å². The third kappa shape index (κ3) is 3.09. The van der Waals surface area contributed by atoms with E-state index in [1.807, 2.05) is 7.05 Å². The van der Waals surface area contributed by atoms with Crippen molar-refractivity contribution in [1.29, 1.82) is 0 Å². The Bertz CT molecular complexity index is 338. The largest absolute Gasteiger partial charge is 0.311 e. The van der Waals surface area contributed by atoms with Gasteiger partial charge in [-0.2, -0.15) is 0 Å². The van der Waals surface area contributed by atoms with Gasteiger partial charge in [0.2, 0.25) is 0 Å². The first-order valence-corrected chi connectivity index (χ1v) is 6.37. The molecule has 4 heteroatoms. The molecule has 1 aromatic rings. The highest BCUT2D eigenvalue weighted by molar-refractivity contribution is 6.34. The monoisotopic (exact) mass is 260 g/mol. The fourth-order valence-electron chi connectivity index (χ4n) is 2.01. The van der Waals surface area contributed by atoms with Gasteiger partial charge in [-0.15, -0.1) is 0 Å². The minimum atomic E-state index is 0.194. The van der Waals surface area contributed by atoms with E-state index in [1.54, 1.807) is 12.3 Å². The second kappa shape index (κ2) is 6.43. The molecule has 0 spiro atoms. The maximum atomic E-state index is 6.17. The highest BCUT2D eigenvalue weighted by Gasteiger charge is 2.22. The lowest BCUT2D eigenvalue weighted by molar-refractivity contribution is 0.353. The molecule has 1 N–H and O–H groups in total. The summed E-state index contributed by atoms with van der Waals surface area (Å²) in [4.78, 5) is 4.34. The van der Waals surface area contributed by atoms with Crippen LogP contribution in [0.1, 0.15) is 38.4 Å². The molecule has 2 nitrogen and oxygen atoms in total. The second-order valence-corrected chi connectivity index (χ2v) is 4.71. The molecule has 0 saturated heterocycles. The van der Waals surface area contributed by atoms with Gasteiger partial charge in [0.05, 0.1) is 21.8 Å². The molecule has 1 aromatic heterocycles. The zero-order chi connectivity index (χ0) is 12.1. The van der Waals surface area contributed by atoms with Crippen molar-refractivity contribution in [3.05, 3.63) is 28.0 Å². The van der Waals surface area contributed by atoms with Crippen molar-refractivity contribution in [3.8, 4) is 0 Å². The Kier molecular flexibility index (Phi) is 5.53. The van der Waals surface area contributed by atoms with Crippen LogP contribution in [-0.4, -0.2) is 12.0 Å².